The van der Waals surface area contributed by atoms with Crippen molar-refractivity contribution in [2.24, 2.45) is 0 Å². The van der Waals surface area contributed by atoms with Crippen LogP contribution in [0.15, 0.2) is 72.8 Å². The summed E-state index contributed by atoms with van der Waals surface area (Å²) < 4.78 is 7.87. The number of aromatic nitrogens is 2. The van der Waals surface area contributed by atoms with E-state index in [0.29, 0.717) is 5.75 Å². The third kappa shape index (κ3) is 6.65. The molecular weight excluding hydrogens is 470 g/mol. The van der Waals surface area contributed by atoms with E-state index >= 15 is 0 Å². The summed E-state index contributed by atoms with van der Waals surface area (Å²) in [6, 6.07) is 24.7. The molecule has 1 aromatic heterocycles. The third-order valence-corrected chi connectivity index (χ3v) is 7.07. The quantitative estimate of drug-likeness (QED) is 0.199. The molecule has 0 atom stereocenters. The van der Waals surface area contributed by atoms with E-state index in [2.05, 4.69) is 71.8 Å². The van der Waals surface area contributed by atoms with Crippen LogP contribution in [0.4, 0.5) is 0 Å². The van der Waals surface area contributed by atoms with Gasteiger partial charge in [-0.05, 0) is 67.8 Å². The Bertz CT molecular complexity index is 1300. The molecule has 5 nitrogen and oxygen atoms in total. The molecule has 4 rings (SSSR count). The van der Waals surface area contributed by atoms with Gasteiger partial charge in [-0.25, -0.2) is 4.98 Å². The first kappa shape index (κ1) is 27.5. The second-order valence-corrected chi connectivity index (χ2v) is 10.0. The first-order chi connectivity index (χ1) is 18.5. The van der Waals surface area contributed by atoms with Crippen LogP contribution in [0.25, 0.3) is 22.6 Å². The van der Waals surface area contributed by atoms with Crippen molar-refractivity contribution in [1.29, 1.82) is 0 Å². The highest BCUT2D eigenvalue weighted by atomic mass is 16.5. The molecule has 3 aromatic carbocycles. The number of nitrogens with zero attached hydrogens (tertiary/aromatic N) is 3. The van der Waals surface area contributed by atoms with Crippen molar-refractivity contribution in [3.8, 4) is 34.1 Å². The van der Waals surface area contributed by atoms with Gasteiger partial charge in [0.05, 0.1) is 18.5 Å². The van der Waals surface area contributed by atoms with Crippen molar-refractivity contribution < 1.29 is 9.84 Å². The van der Waals surface area contributed by atoms with E-state index in [1.807, 2.05) is 31.2 Å². The number of phenols is 1. The van der Waals surface area contributed by atoms with Crippen LogP contribution in [0.3, 0.4) is 0 Å². The predicted molar refractivity (Wildman–Crippen MR) is 156 cm³/mol. The van der Waals surface area contributed by atoms with E-state index in [0.717, 1.165) is 85.8 Å². The Morgan fingerprint density at radius 2 is 1.61 bits per heavy atom. The summed E-state index contributed by atoms with van der Waals surface area (Å²) in [5.41, 5.74) is 6.64. The van der Waals surface area contributed by atoms with Gasteiger partial charge in [-0.3, -0.25) is 4.90 Å². The van der Waals surface area contributed by atoms with Crippen LogP contribution in [0.2, 0.25) is 0 Å². The van der Waals surface area contributed by atoms with E-state index in [-0.39, 0.29) is 0 Å². The summed E-state index contributed by atoms with van der Waals surface area (Å²) >= 11 is 0. The first-order valence-electron chi connectivity index (χ1n) is 13.8. The molecule has 0 aliphatic heterocycles. The van der Waals surface area contributed by atoms with Gasteiger partial charge >= 0.3 is 0 Å². The number of aromatic hydroxyl groups is 1. The Morgan fingerprint density at radius 3 is 2.26 bits per heavy atom. The second-order valence-electron chi connectivity index (χ2n) is 10.0. The molecule has 0 spiro atoms. The summed E-state index contributed by atoms with van der Waals surface area (Å²) in [4.78, 5) is 7.81. The van der Waals surface area contributed by atoms with E-state index in [1.54, 1.807) is 7.11 Å². The van der Waals surface area contributed by atoms with Crippen LogP contribution in [-0.2, 0) is 19.6 Å². The number of rotatable bonds is 13. The highest BCUT2D eigenvalue weighted by molar-refractivity contribution is 5.69. The maximum Gasteiger partial charge on any atom is 0.140 e. The number of phenolic OH excluding ortho intramolecular Hbond substituents is 1. The molecule has 0 radical (unpaired) electrons. The van der Waals surface area contributed by atoms with E-state index < -0.39 is 0 Å². The largest absolute Gasteiger partial charge is 0.508 e. The van der Waals surface area contributed by atoms with E-state index in [4.69, 9.17) is 9.72 Å². The lowest BCUT2D eigenvalue weighted by atomic mass is 10.1. The van der Waals surface area contributed by atoms with Gasteiger partial charge in [0.25, 0.3) is 0 Å². The zero-order chi connectivity index (χ0) is 26.9. The third-order valence-electron chi connectivity index (χ3n) is 7.07. The van der Waals surface area contributed by atoms with Crippen LogP contribution in [0.5, 0.6) is 11.5 Å². The minimum Gasteiger partial charge on any atom is -0.508 e. The van der Waals surface area contributed by atoms with Gasteiger partial charge in [0.2, 0.25) is 0 Å². The average molecular weight is 512 g/mol. The van der Waals surface area contributed by atoms with Gasteiger partial charge in [0, 0.05) is 30.8 Å². The average Bonchev–Trinajstić information content (AvgIpc) is 3.30. The Morgan fingerprint density at radius 1 is 0.868 bits per heavy atom. The molecule has 200 valence electrons. The van der Waals surface area contributed by atoms with Crippen molar-refractivity contribution in [3.05, 3.63) is 89.6 Å². The van der Waals surface area contributed by atoms with Gasteiger partial charge in [-0.15, -0.1) is 0 Å². The number of aryl methyl sites for hydroxylation is 1. The van der Waals surface area contributed by atoms with E-state index in [1.165, 1.54) is 11.3 Å². The Labute approximate surface area is 227 Å². The van der Waals surface area contributed by atoms with Crippen LogP contribution in [-0.4, -0.2) is 33.2 Å². The maximum absolute atomic E-state index is 10.0. The molecule has 38 heavy (non-hydrogen) atoms. The number of hydrogen-bond acceptors (Lipinski definition) is 4. The molecule has 0 amide bonds. The number of methoxy groups -OCH3 is 1. The highest BCUT2D eigenvalue weighted by Crippen LogP contribution is 2.32. The normalized spacial score (nSPS) is 11.3. The number of ether oxygens (including phenoxy) is 1. The van der Waals surface area contributed by atoms with Gasteiger partial charge in [0.1, 0.15) is 17.3 Å². The van der Waals surface area contributed by atoms with E-state index in [9.17, 15) is 5.11 Å². The molecule has 0 aliphatic rings. The Balaban J connectivity index is 1.80. The Hall–Kier alpha value is -3.57. The molecule has 0 saturated heterocycles. The fraction of sp³-hybridized carbons (Fsp3) is 0.364. The van der Waals surface area contributed by atoms with Crippen molar-refractivity contribution in [1.82, 2.24) is 14.5 Å². The van der Waals surface area contributed by atoms with Crippen LogP contribution in [0.1, 0.15) is 56.4 Å². The minimum atomic E-state index is 0.348. The smallest absolute Gasteiger partial charge is 0.140 e. The van der Waals surface area contributed by atoms with Gasteiger partial charge in [0.15, 0.2) is 0 Å². The predicted octanol–water partition coefficient (Wildman–Crippen LogP) is 7.84. The molecule has 0 aliphatic carbocycles. The SMILES string of the molecule is CCCCN(Cc1ccc(O)c(C)c1)Cc1c(-c2ccc(OC)cc2)nc(-c2ccccc2)n1CCCC. The number of imidazole rings is 1. The molecule has 0 fully saturated rings. The standard InChI is InChI=1S/C33H41N3O2/c1-5-7-20-35(23-26-14-19-31(37)25(3)22-26)24-30-32(27-15-17-29(38-4)18-16-27)34-33(36(30)21-8-6-2)28-12-10-9-11-13-28/h9-19,22,37H,5-8,20-21,23-24H2,1-4H3. The summed E-state index contributed by atoms with van der Waals surface area (Å²) in [5.74, 6) is 2.22. The van der Waals surface area contributed by atoms with Crippen molar-refractivity contribution in [3.63, 3.8) is 0 Å². The second kappa shape index (κ2) is 13.3. The summed E-state index contributed by atoms with van der Waals surface area (Å²) in [6.45, 7) is 9.99. The van der Waals surface area contributed by atoms with Gasteiger partial charge < -0.3 is 14.4 Å². The molecule has 1 N–H and O–H groups in total. The zero-order valence-corrected chi connectivity index (χ0v) is 23.3. The fourth-order valence-electron chi connectivity index (χ4n) is 4.87. The molecule has 0 saturated carbocycles. The lowest BCUT2D eigenvalue weighted by molar-refractivity contribution is 0.246. The van der Waals surface area contributed by atoms with Gasteiger partial charge in [-0.1, -0.05) is 69.2 Å². The lowest BCUT2D eigenvalue weighted by Gasteiger charge is -2.24. The summed E-state index contributed by atoms with van der Waals surface area (Å²) in [6.07, 6.45) is 4.48. The molecular formula is C33H41N3O2. The summed E-state index contributed by atoms with van der Waals surface area (Å²) in [7, 11) is 1.70. The highest BCUT2D eigenvalue weighted by Gasteiger charge is 2.22. The molecule has 1 heterocycles. The lowest BCUT2D eigenvalue weighted by Crippen LogP contribution is -2.26. The topological polar surface area (TPSA) is 50.5 Å². The number of benzene rings is 3. The zero-order valence-electron chi connectivity index (χ0n) is 23.3. The molecule has 5 heteroatoms. The van der Waals surface area contributed by atoms with Crippen molar-refractivity contribution in [2.75, 3.05) is 13.7 Å². The maximum atomic E-state index is 10.0. The molecule has 4 aromatic rings. The van der Waals surface area contributed by atoms with Crippen molar-refractivity contribution >= 4 is 0 Å². The van der Waals surface area contributed by atoms with Crippen molar-refractivity contribution in [2.45, 2.75) is 66.1 Å². The number of hydrogen-bond donors (Lipinski definition) is 1. The summed E-state index contributed by atoms with van der Waals surface area (Å²) in [5, 5.41) is 10.0. The Kier molecular flexibility index (Phi) is 9.61. The molecule has 0 bridgehead atoms. The fourth-order valence-corrected chi connectivity index (χ4v) is 4.87. The molecule has 0 unspecified atom stereocenters. The van der Waals surface area contributed by atoms with Crippen LogP contribution in [0, 0.1) is 6.92 Å². The number of unbranched alkanes of at least 4 members (excludes halogenated alkanes) is 2. The van der Waals surface area contributed by atoms with Gasteiger partial charge in [-0.2, -0.15) is 0 Å². The van der Waals surface area contributed by atoms with Crippen LogP contribution < -0.4 is 4.74 Å². The minimum absolute atomic E-state index is 0.348. The first-order valence-corrected chi connectivity index (χ1v) is 13.8. The monoisotopic (exact) mass is 511 g/mol. The van der Waals surface area contributed by atoms with Crippen LogP contribution >= 0.6 is 0 Å².